The van der Waals surface area contributed by atoms with Crippen LogP contribution in [0.5, 0.6) is 0 Å². The summed E-state index contributed by atoms with van der Waals surface area (Å²) in [4.78, 5) is 2.46. The van der Waals surface area contributed by atoms with Crippen LogP contribution < -0.4 is 0 Å². The first-order valence-corrected chi connectivity index (χ1v) is 8.65. The van der Waals surface area contributed by atoms with E-state index in [1.165, 1.54) is 64.3 Å². The largest absolute Gasteiger partial charge is 0.381 e. The Balaban J connectivity index is 3.02. The highest BCUT2D eigenvalue weighted by atomic mass is 16.5. The van der Waals surface area contributed by atoms with Crippen molar-refractivity contribution in [3.05, 3.63) is 0 Å². The number of unbranched alkanes of at least 4 members (excludes halogenated alkanes) is 7. The molecule has 0 aliphatic heterocycles. The first-order valence-electron chi connectivity index (χ1n) is 8.65. The monoisotopic (exact) mass is 271 g/mol. The Labute approximate surface area is 121 Å². The van der Waals surface area contributed by atoms with Gasteiger partial charge in [0.1, 0.15) is 0 Å². The topological polar surface area (TPSA) is 12.5 Å². The van der Waals surface area contributed by atoms with Gasteiger partial charge in [-0.2, -0.15) is 0 Å². The molecular formula is C17H37NO. The third kappa shape index (κ3) is 14.1. The van der Waals surface area contributed by atoms with E-state index in [1.54, 1.807) is 0 Å². The molecule has 0 radical (unpaired) electrons. The molecule has 0 spiro atoms. The second-order valence-corrected chi connectivity index (χ2v) is 5.47. The fraction of sp³-hybridized carbons (Fsp3) is 1.00. The van der Waals surface area contributed by atoms with Gasteiger partial charge in [0.25, 0.3) is 0 Å². The van der Waals surface area contributed by atoms with E-state index >= 15 is 0 Å². The van der Waals surface area contributed by atoms with Crippen molar-refractivity contribution in [2.75, 3.05) is 32.8 Å². The Morgan fingerprint density at radius 3 is 1.74 bits per heavy atom. The van der Waals surface area contributed by atoms with Crippen LogP contribution in [-0.4, -0.2) is 37.7 Å². The van der Waals surface area contributed by atoms with E-state index in [9.17, 15) is 0 Å². The van der Waals surface area contributed by atoms with E-state index in [0.717, 1.165) is 26.3 Å². The van der Waals surface area contributed by atoms with Crippen molar-refractivity contribution in [1.29, 1.82) is 0 Å². The highest BCUT2D eigenvalue weighted by molar-refractivity contribution is 4.51. The van der Waals surface area contributed by atoms with Crippen LogP contribution in [0.4, 0.5) is 0 Å². The van der Waals surface area contributed by atoms with Crippen LogP contribution in [0.25, 0.3) is 0 Å². The van der Waals surface area contributed by atoms with Crippen LogP contribution in [0.3, 0.4) is 0 Å². The van der Waals surface area contributed by atoms with Crippen molar-refractivity contribution in [3.63, 3.8) is 0 Å². The fourth-order valence-corrected chi connectivity index (χ4v) is 2.37. The lowest BCUT2D eigenvalue weighted by molar-refractivity contribution is 0.118. The van der Waals surface area contributed by atoms with E-state index in [-0.39, 0.29) is 0 Å². The number of rotatable bonds is 15. The van der Waals surface area contributed by atoms with Gasteiger partial charge in [-0.3, -0.25) is 0 Å². The molecule has 0 bridgehead atoms. The third-order valence-electron chi connectivity index (χ3n) is 3.80. The second kappa shape index (κ2) is 16.0. The molecule has 0 rings (SSSR count). The Kier molecular flexibility index (Phi) is 15.9. The maximum absolute atomic E-state index is 5.69. The lowest BCUT2D eigenvalue weighted by atomic mass is 10.1. The summed E-state index contributed by atoms with van der Waals surface area (Å²) in [7, 11) is 0. The lowest BCUT2D eigenvalue weighted by Gasteiger charge is -2.17. The lowest BCUT2D eigenvalue weighted by Crippen LogP contribution is -2.24. The number of hydrogen-bond donors (Lipinski definition) is 0. The molecule has 0 aromatic rings. The molecule has 0 aliphatic rings. The highest BCUT2D eigenvalue weighted by Gasteiger charge is 1.98. The van der Waals surface area contributed by atoms with Crippen LogP contribution >= 0.6 is 0 Å². The zero-order valence-electron chi connectivity index (χ0n) is 13.8. The van der Waals surface area contributed by atoms with E-state index < -0.39 is 0 Å². The highest BCUT2D eigenvalue weighted by Crippen LogP contribution is 2.08. The minimum atomic E-state index is 0.938. The Bertz CT molecular complexity index is 157. The third-order valence-corrected chi connectivity index (χ3v) is 3.80. The van der Waals surface area contributed by atoms with E-state index in [4.69, 9.17) is 4.74 Å². The van der Waals surface area contributed by atoms with Gasteiger partial charge in [0.05, 0.1) is 0 Å². The van der Waals surface area contributed by atoms with Gasteiger partial charge in [0.2, 0.25) is 0 Å². The van der Waals surface area contributed by atoms with Gasteiger partial charge < -0.3 is 9.64 Å². The predicted molar refractivity (Wildman–Crippen MR) is 85.8 cm³/mol. The molecule has 0 unspecified atom stereocenters. The van der Waals surface area contributed by atoms with Gasteiger partial charge in [-0.05, 0) is 25.9 Å². The van der Waals surface area contributed by atoms with E-state index in [0.29, 0.717) is 0 Å². The molecule has 0 N–H and O–H groups in total. The van der Waals surface area contributed by atoms with Crippen LogP contribution in [0, 0.1) is 0 Å². The minimum absolute atomic E-state index is 0.938. The minimum Gasteiger partial charge on any atom is -0.381 e. The molecular weight excluding hydrogens is 234 g/mol. The van der Waals surface area contributed by atoms with E-state index in [2.05, 4.69) is 25.7 Å². The molecule has 2 heteroatoms. The zero-order valence-corrected chi connectivity index (χ0v) is 13.8. The maximum Gasteiger partial charge on any atom is 0.0478 e. The van der Waals surface area contributed by atoms with Gasteiger partial charge in [0, 0.05) is 19.8 Å². The summed E-state index contributed by atoms with van der Waals surface area (Å²) >= 11 is 0. The normalized spacial score (nSPS) is 11.4. The van der Waals surface area contributed by atoms with Crippen molar-refractivity contribution >= 4 is 0 Å². The zero-order chi connectivity index (χ0) is 14.2. The molecule has 0 atom stereocenters. The van der Waals surface area contributed by atoms with Gasteiger partial charge in [-0.1, -0.05) is 65.7 Å². The molecule has 0 aromatic heterocycles. The van der Waals surface area contributed by atoms with Crippen molar-refractivity contribution < 1.29 is 4.74 Å². The van der Waals surface area contributed by atoms with Crippen molar-refractivity contribution in [2.24, 2.45) is 0 Å². The second-order valence-electron chi connectivity index (χ2n) is 5.47. The number of ether oxygens (including phenoxy) is 1. The first kappa shape index (κ1) is 18.9. The first-order chi connectivity index (χ1) is 9.35. The molecule has 0 amide bonds. The smallest absolute Gasteiger partial charge is 0.0478 e. The Morgan fingerprint density at radius 2 is 1.16 bits per heavy atom. The summed E-state index contributed by atoms with van der Waals surface area (Å²) in [6, 6.07) is 0. The average molecular weight is 271 g/mol. The van der Waals surface area contributed by atoms with Gasteiger partial charge in [-0.15, -0.1) is 0 Å². The number of nitrogens with zero attached hydrogens (tertiary/aromatic N) is 1. The molecule has 0 saturated carbocycles. The Hall–Kier alpha value is -0.0800. The quantitative estimate of drug-likeness (QED) is 0.394. The van der Waals surface area contributed by atoms with Crippen LogP contribution in [-0.2, 0) is 4.74 Å². The molecule has 0 aromatic carbocycles. The molecule has 116 valence electrons. The summed E-state index contributed by atoms with van der Waals surface area (Å²) in [5.41, 5.74) is 0. The van der Waals surface area contributed by atoms with Crippen molar-refractivity contribution in [3.8, 4) is 0 Å². The summed E-state index contributed by atoms with van der Waals surface area (Å²) in [6.45, 7) is 12.1. The summed E-state index contributed by atoms with van der Waals surface area (Å²) in [6.07, 6.45) is 12.2. The molecule has 0 heterocycles. The predicted octanol–water partition coefficient (Wildman–Crippen LogP) is 4.88. The van der Waals surface area contributed by atoms with Crippen LogP contribution in [0.2, 0.25) is 0 Å². The standard InChI is InChI=1S/C17H37NO/c1-4-7-8-9-10-11-12-13-16-19-17-14-15-18(5-2)6-3/h4-17H2,1-3H3. The van der Waals surface area contributed by atoms with E-state index in [1.807, 2.05) is 0 Å². The summed E-state index contributed by atoms with van der Waals surface area (Å²) < 4.78 is 5.69. The SMILES string of the molecule is CCCCCCCCCCOCCCN(CC)CC. The van der Waals surface area contributed by atoms with Crippen molar-refractivity contribution in [2.45, 2.75) is 78.6 Å². The van der Waals surface area contributed by atoms with Gasteiger partial charge >= 0.3 is 0 Å². The summed E-state index contributed by atoms with van der Waals surface area (Å²) in [5, 5.41) is 0. The van der Waals surface area contributed by atoms with Gasteiger partial charge in [0.15, 0.2) is 0 Å². The number of hydrogen-bond acceptors (Lipinski definition) is 2. The maximum atomic E-state index is 5.69. The molecule has 0 aliphatic carbocycles. The van der Waals surface area contributed by atoms with Gasteiger partial charge in [-0.25, -0.2) is 0 Å². The van der Waals surface area contributed by atoms with Crippen LogP contribution in [0.15, 0.2) is 0 Å². The fourth-order valence-electron chi connectivity index (χ4n) is 2.37. The molecule has 0 fully saturated rings. The Morgan fingerprint density at radius 1 is 0.632 bits per heavy atom. The molecule has 19 heavy (non-hydrogen) atoms. The molecule has 2 nitrogen and oxygen atoms in total. The average Bonchev–Trinajstić information content (AvgIpc) is 2.44. The van der Waals surface area contributed by atoms with Crippen LogP contribution in [0.1, 0.15) is 78.6 Å². The molecule has 0 saturated heterocycles. The van der Waals surface area contributed by atoms with Crippen molar-refractivity contribution in [1.82, 2.24) is 4.90 Å². The summed E-state index contributed by atoms with van der Waals surface area (Å²) in [5.74, 6) is 0.